The van der Waals surface area contributed by atoms with Gasteiger partial charge in [-0.1, -0.05) is 0 Å². The molecule has 3 heterocycles. The first-order chi connectivity index (χ1) is 14.9. The van der Waals surface area contributed by atoms with Crippen molar-refractivity contribution in [3.63, 3.8) is 0 Å². The van der Waals surface area contributed by atoms with Crippen LogP contribution in [0.15, 0.2) is 41.6 Å². The number of nitrogens with zero attached hydrogens (tertiary/aromatic N) is 5. The summed E-state index contributed by atoms with van der Waals surface area (Å²) in [5, 5.41) is 10.8. The number of carbonyl (C=O) groups excluding carboxylic acids is 1. The summed E-state index contributed by atoms with van der Waals surface area (Å²) in [6, 6.07) is 5.73. The molecular weight excluding hydrogens is 422 g/mol. The van der Waals surface area contributed by atoms with Gasteiger partial charge >= 0.3 is 6.09 Å². The molecule has 1 saturated heterocycles. The Bertz CT molecular complexity index is 1190. The summed E-state index contributed by atoms with van der Waals surface area (Å²) in [7, 11) is -2.42. The first-order valence-corrected chi connectivity index (χ1v) is 11.2. The Morgan fingerprint density at radius 3 is 2.55 bits per heavy atom. The van der Waals surface area contributed by atoms with Crippen molar-refractivity contribution in [3.8, 4) is 0 Å². The van der Waals surface area contributed by atoms with Gasteiger partial charge in [-0.2, -0.15) is 0 Å². The van der Waals surface area contributed by atoms with Crippen LogP contribution in [0, 0.1) is 6.92 Å². The molecule has 12 heteroatoms. The number of methoxy groups -OCH3 is 1. The predicted molar refractivity (Wildman–Crippen MR) is 114 cm³/mol. The largest absolute Gasteiger partial charge is 0.453 e. The SMILES string of the molecule is COC(=O)Nc1ccc(S(=O)(=O)NC2CCN(c3nccn4c(C)nnc34)CC2)cc1. The van der Waals surface area contributed by atoms with Gasteiger partial charge in [0.15, 0.2) is 5.82 Å². The molecule has 0 unspecified atom stereocenters. The molecule has 164 valence electrons. The average Bonchev–Trinajstić information content (AvgIpc) is 3.15. The molecule has 1 aliphatic rings. The number of benzene rings is 1. The molecule has 0 bridgehead atoms. The summed E-state index contributed by atoms with van der Waals surface area (Å²) in [4.78, 5) is 17.9. The van der Waals surface area contributed by atoms with Gasteiger partial charge in [0.2, 0.25) is 15.7 Å². The van der Waals surface area contributed by atoms with Crippen LogP contribution in [0.3, 0.4) is 0 Å². The maximum Gasteiger partial charge on any atom is 0.411 e. The number of carbonyl (C=O) groups is 1. The maximum atomic E-state index is 12.7. The van der Waals surface area contributed by atoms with Crippen molar-refractivity contribution in [2.24, 2.45) is 0 Å². The lowest BCUT2D eigenvalue weighted by atomic mass is 10.1. The number of rotatable bonds is 5. The van der Waals surface area contributed by atoms with E-state index in [9.17, 15) is 13.2 Å². The number of anilines is 2. The summed E-state index contributed by atoms with van der Waals surface area (Å²) in [6.07, 6.45) is 4.19. The highest BCUT2D eigenvalue weighted by Crippen LogP contribution is 2.23. The van der Waals surface area contributed by atoms with Crippen LogP contribution in [-0.4, -0.2) is 60.3 Å². The van der Waals surface area contributed by atoms with Gasteiger partial charge in [-0.15, -0.1) is 10.2 Å². The summed E-state index contributed by atoms with van der Waals surface area (Å²) >= 11 is 0. The predicted octanol–water partition coefficient (Wildman–Crippen LogP) is 1.56. The summed E-state index contributed by atoms with van der Waals surface area (Å²) < 4.78 is 34.7. The molecule has 1 aliphatic heterocycles. The lowest BCUT2D eigenvalue weighted by Crippen LogP contribution is -2.45. The molecule has 11 nitrogen and oxygen atoms in total. The molecule has 0 spiro atoms. The van der Waals surface area contributed by atoms with Gasteiger partial charge in [-0.3, -0.25) is 9.72 Å². The molecule has 0 atom stereocenters. The summed E-state index contributed by atoms with van der Waals surface area (Å²) in [5.41, 5.74) is 1.14. The number of amides is 1. The van der Waals surface area contributed by atoms with Crippen LogP contribution in [0.5, 0.6) is 0 Å². The Hall–Kier alpha value is -3.25. The van der Waals surface area contributed by atoms with Gasteiger partial charge in [-0.25, -0.2) is 22.9 Å². The lowest BCUT2D eigenvalue weighted by molar-refractivity contribution is 0.187. The van der Waals surface area contributed by atoms with E-state index in [4.69, 9.17) is 0 Å². The van der Waals surface area contributed by atoms with E-state index in [1.807, 2.05) is 17.5 Å². The van der Waals surface area contributed by atoms with Gasteiger partial charge in [0, 0.05) is 37.2 Å². The number of fused-ring (bicyclic) bond motifs is 1. The van der Waals surface area contributed by atoms with E-state index < -0.39 is 16.1 Å². The standard InChI is InChI=1S/C19H23N7O4S/c1-13-22-23-18-17(20-9-12-26(13)18)25-10-7-15(8-11-25)24-31(28,29)16-5-3-14(4-6-16)21-19(27)30-2/h3-6,9,12,15,24H,7-8,10-11H2,1-2H3,(H,21,27). The van der Waals surface area contributed by atoms with Crippen LogP contribution in [-0.2, 0) is 14.8 Å². The average molecular weight is 446 g/mol. The third kappa shape index (κ3) is 4.44. The molecule has 3 aromatic rings. The highest BCUT2D eigenvalue weighted by Gasteiger charge is 2.26. The molecule has 2 aromatic heterocycles. The number of ether oxygens (including phenoxy) is 1. The second-order valence-electron chi connectivity index (χ2n) is 7.22. The zero-order valence-electron chi connectivity index (χ0n) is 17.1. The van der Waals surface area contributed by atoms with Crippen molar-refractivity contribution in [1.29, 1.82) is 0 Å². The minimum atomic E-state index is -3.68. The molecule has 1 amide bonds. The van der Waals surface area contributed by atoms with E-state index in [0.29, 0.717) is 37.3 Å². The third-order valence-corrected chi connectivity index (χ3v) is 6.73. The number of nitrogens with one attached hydrogen (secondary N) is 2. The fraction of sp³-hybridized carbons (Fsp3) is 0.368. The van der Waals surface area contributed by atoms with E-state index >= 15 is 0 Å². The van der Waals surface area contributed by atoms with Gasteiger partial charge in [0.05, 0.1) is 12.0 Å². The Morgan fingerprint density at radius 1 is 1.16 bits per heavy atom. The zero-order valence-corrected chi connectivity index (χ0v) is 18.0. The van der Waals surface area contributed by atoms with Gasteiger partial charge in [0.25, 0.3) is 0 Å². The highest BCUT2D eigenvalue weighted by atomic mass is 32.2. The van der Waals surface area contributed by atoms with Crippen molar-refractivity contribution >= 4 is 33.3 Å². The quantitative estimate of drug-likeness (QED) is 0.605. The normalized spacial score (nSPS) is 15.2. The van der Waals surface area contributed by atoms with E-state index in [0.717, 1.165) is 11.6 Å². The monoisotopic (exact) mass is 445 g/mol. The summed E-state index contributed by atoms with van der Waals surface area (Å²) in [6.45, 7) is 3.17. The Kier molecular flexibility index (Phi) is 5.74. The summed E-state index contributed by atoms with van der Waals surface area (Å²) in [5.74, 6) is 1.53. The van der Waals surface area contributed by atoms with Crippen LogP contribution >= 0.6 is 0 Å². The van der Waals surface area contributed by atoms with Crippen molar-refractivity contribution in [2.75, 3.05) is 30.4 Å². The van der Waals surface area contributed by atoms with E-state index in [-0.39, 0.29) is 10.9 Å². The first kappa shape index (κ1) is 21.0. The topological polar surface area (TPSA) is 131 Å². The fourth-order valence-corrected chi connectivity index (χ4v) is 4.84. The fourth-order valence-electron chi connectivity index (χ4n) is 3.53. The molecule has 0 aliphatic carbocycles. The zero-order chi connectivity index (χ0) is 22.0. The van der Waals surface area contributed by atoms with Gasteiger partial charge in [0.1, 0.15) is 5.82 Å². The minimum absolute atomic E-state index is 0.135. The number of aromatic nitrogens is 4. The van der Waals surface area contributed by atoms with Crippen molar-refractivity contribution in [2.45, 2.75) is 30.7 Å². The van der Waals surface area contributed by atoms with Crippen LogP contribution in [0.2, 0.25) is 0 Å². The number of hydrogen-bond donors (Lipinski definition) is 2. The van der Waals surface area contributed by atoms with Crippen LogP contribution in [0.4, 0.5) is 16.3 Å². The number of hydrogen-bond acceptors (Lipinski definition) is 8. The Labute approximate surface area is 179 Å². The van der Waals surface area contributed by atoms with Crippen molar-refractivity contribution in [1.82, 2.24) is 24.3 Å². The highest BCUT2D eigenvalue weighted by molar-refractivity contribution is 7.89. The number of piperidine rings is 1. The Morgan fingerprint density at radius 2 is 1.87 bits per heavy atom. The van der Waals surface area contributed by atoms with E-state index in [1.54, 1.807) is 6.20 Å². The molecule has 1 fully saturated rings. The maximum absolute atomic E-state index is 12.7. The van der Waals surface area contributed by atoms with Crippen molar-refractivity contribution < 1.29 is 17.9 Å². The lowest BCUT2D eigenvalue weighted by Gasteiger charge is -2.32. The van der Waals surface area contributed by atoms with Crippen molar-refractivity contribution in [3.05, 3.63) is 42.5 Å². The second-order valence-corrected chi connectivity index (χ2v) is 8.93. The first-order valence-electron chi connectivity index (χ1n) is 9.76. The van der Waals surface area contributed by atoms with E-state index in [2.05, 4.69) is 34.9 Å². The smallest absolute Gasteiger partial charge is 0.411 e. The van der Waals surface area contributed by atoms with Crippen LogP contribution < -0.4 is 14.9 Å². The number of aryl methyl sites for hydroxylation is 1. The van der Waals surface area contributed by atoms with Crippen LogP contribution in [0.25, 0.3) is 5.65 Å². The molecule has 0 radical (unpaired) electrons. The van der Waals surface area contributed by atoms with E-state index in [1.165, 1.54) is 31.4 Å². The number of sulfonamides is 1. The van der Waals surface area contributed by atoms with Gasteiger partial charge in [-0.05, 0) is 44.0 Å². The molecule has 0 saturated carbocycles. The molecular formula is C19H23N7O4S. The minimum Gasteiger partial charge on any atom is -0.453 e. The second kappa shape index (κ2) is 8.47. The molecule has 4 rings (SSSR count). The molecule has 2 N–H and O–H groups in total. The van der Waals surface area contributed by atoms with Crippen LogP contribution in [0.1, 0.15) is 18.7 Å². The third-order valence-electron chi connectivity index (χ3n) is 5.19. The molecule has 1 aromatic carbocycles. The van der Waals surface area contributed by atoms with Gasteiger partial charge < -0.3 is 9.64 Å². The molecule has 31 heavy (non-hydrogen) atoms. The Balaban J connectivity index is 1.39.